The van der Waals surface area contributed by atoms with Crippen molar-refractivity contribution in [2.75, 3.05) is 0 Å². The van der Waals surface area contributed by atoms with Crippen LogP contribution in [0.2, 0.25) is 0 Å². The van der Waals surface area contributed by atoms with Gasteiger partial charge in [0, 0.05) is 0 Å². The summed E-state index contributed by atoms with van der Waals surface area (Å²) in [6.07, 6.45) is 8.75. The van der Waals surface area contributed by atoms with Crippen molar-refractivity contribution in [3.05, 3.63) is 0 Å². The summed E-state index contributed by atoms with van der Waals surface area (Å²) in [4.78, 5) is 0. The second-order valence-electron chi connectivity index (χ2n) is 5.46. The van der Waals surface area contributed by atoms with Crippen LogP contribution in [0.25, 0.3) is 0 Å². The molecule has 2 unspecified atom stereocenters. The van der Waals surface area contributed by atoms with Gasteiger partial charge in [-0.1, -0.05) is 58.3 Å². The van der Waals surface area contributed by atoms with E-state index in [9.17, 15) is 18.1 Å². The molecule has 1 N–H and O–H groups in total. The molecule has 0 aromatic carbocycles. The summed E-state index contributed by atoms with van der Waals surface area (Å²) >= 11 is 0. The van der Waals surface area contributed by atoms with Crippen molar-refractivity contribution in [1.29, 1.82) is 0 Å². The average Bonchev–Trinajstić information content (AvgIpc) is 2.29. The van der Waals surface area contributed by atoms with Crippen molar-refractivity contribution in [2.45, 2.75) is 89.4 Å². The molecule has 0 rings (SSSR count). The second kappa shape index (κ2) is 13.5. The molecule has 0 amide bonds. The molecular weight excluding hydrogens is 287 g/mol. The first-order valence-electron chi connectivity index (χ1n) is 7.50. The predicted octanol–water partition coefficient (Wildman–Crippen LogP) is 0.206. The summed E-state index contributed by atoms with van der Waals surface area (Å²) in [6.45, 7) is 3.71. The van der Waals surface area contributed by atoms with Crippen molar-refractivity contribution in [3.63, 3.8) is 0 Å². The minimum absolute atomic E-state index is 0. The van der Waals surface area contributed by atoms with Gasteiger partial charge in [0.25, 0.3) is 0 Å². The monoisotopic (exact) mass is 316 g/mol. The standard InChI is InChI=1S/C14H30O4S.Na/c1-3-4-5-6-7-8-9-10-11-14(12-13(2)15)19(16,17)18;/h13-15H,3-12H2,1-2H3,(H,16,17,18);/q;+1/p-1. The van der Waals surface area contributed by atoms with E-state index < -0.39 is 21.5 Å². The van der Waals surface area contributed by atoms with Crippen LogP contribution in [-0.4, -0.2) is 29.4 Å². The summed E-state index contributed by atoms with van der Waals surface area (Å²) in [5.41, 5.74) is 0. The molecule has 0 aliphatic rings. The van der Waals surface area contributed by atoms with Crippen LogP contribution in [-0.2, 0) is 10.1 Å². The summed E-state index contributed by atoms with van der Waals surface area (Å²) in [7, 11) is -4.27. The van der Waals surface area contributed by atoms with Gasteiger partial charge in [-0.2, -0.15) is 0 Å². The molecule has 0 aromatic heterocycles. The van der Waals surface area contributed by atoms with Gasteiger partial charge in [-0.3, -0.25) is 0 Å². The molecule has 0 spiro atoms. The largest absolute Gasteiger partial charge is 1.00 e. The Morgan fingerprint density at radius 2 is 1.45 bits per heavy atom. The van der Waals surface area contributed by atoms with E-state index in [1.807, 2.05) is 0 Å². The number of hydrogen-bond acceptors (Lipinski definition) is 4. The van der Waals surface area contributed by atoms with E-state index in [2.05, 4.69) is 6.92 Å². The zero-order valence-corrected chi connectivity index (χ0v) is 16.1. The molecule has 0 saturated heterocycles. The zero-order valence-electron chi connectivity index (χ0n) is 13.3. The molecular formula is C14H29NaO4S. The Morgan fingerprint density at radius 3 is 1.85 bits per heavy atom. The first-order valence-corrected chi connectivity index (χ1v) is 8.97. The predicted molar refractivity (Wildman–Crippen MR) is 77.0 cm³/mol. The Labute approximate surface area is 146 Å². The van der Waals surface area contributed by atoms with Crippen LogP contribution in [0.5, 0.6) is 0 Å². The summed E-state index contributed by atoms with van der Waals surface area (Å²) in [6, 6.07) is 0. The molecule has 0 aliphatic heterocycles. The SMILES string of the molecule is CCCCCCCCCCC(CC(C)O)S(=O)(=O)[O-].[Na+]. The fourth-order valence-corrected chi connectivity index (χ4v) is 3.24. The maximum atomic E-state index is 11.0. The molecule has 4 nitrogen and oxygen atoms in total. The van der Waals surface area contributed by atoms with E-state index in [0.717, 1.165) is 19.3 Å². The normalized spacial score (nSPS) is 14.6. The van der Waals surface area contributed by atoms with Crippen LogP contribution in [0.4, 0.5) is 0 Å². The van der Waals surface area contributed by atoms with Crippen LogP contribution in [0.3, 0.4) is 0 Å². The van der Waals surface area contributed by atoms with Crippen molar-refractivity contribution in [3.8, 4) is 0 Å². The van der Waals surface area contributed by atoms with Gasteiger partial charge in [0.15, 0.2) is 0 Å². The van der Waals surface area contributed by atoms with Gasteiger partial charge >= 0.3 is 29.6 Å². The molecule has 0 heterocycles. The maximum absolute atomic E-state index is 11.0. The van der Waals surface area contributed by atoms with E-state index in [1.165, 1.54) is 39.0 Å². The molecule has 2 atom stereocenters. The first-order chi connectivity index (χ1) is 8.88. The van der Waals surface area contributed by atoms with Gasteiger partial charge in [0.2, 0.25) is 0 Å². The third-order valence-electron chi connectivity index (χ3n) is 3.39. The summed E-state index contributed by atoms with van der Waals surface area (Å²) in [5, 5.41) is 8.28. The van der Waals surface area contributed by atoms with Crippen LogP contribution in [0.1, 0.15) is 78.1 Å². The molecule has 6 heteroatoms. The molecule has 0 aliphatic carbocycles. The van der Waals surface area contributed by atoms with Gasteiger partial charge in [-0.25, -0.2) is 8.42 Å². The van der Waals surface area contributed by atoms with Crippen LogP contribution < -0.4 is 29.6 Å². The van der Waals surface area contributed by atoms with E-state index in [0.29, 0.717) is 6.42 Å². The number of unbranched alkanes of at least 4 members (excludes halogenated alkanes) is 7. The quantitative estimate of drug-likeness (QED) is 0.317. The zero-order chi connectivity index (χ0) is 14.7. The fraction of sp³-hybridized carbons (Fsp3) is 1.00. The van der Waals surface area contributed by atoms with E-state index >= 15 is 0 Å². The summed E-state index contributed by atoms with van der Waals surface area (Å²) in [5.74, 6) is 0. The molecule has 0 fully saturated rings. The van der Waals surface area contributed by atoms with Crippen molar-refractivity contribution < 1.29 is 47.6 Å². The molecule has 0 radical (unpaired) electrons. The molecule has 0 bridgehead atoms. The van der Waals surface area contributed by atoms with E-state index in [-0.39, 0.29) is 36.0 Å². The average molecular weight is 316 g/mol. The van der Waals surface area contributed by atoms with Crippen molar-refractivity contribution in [1.82, 2.24) is 0 Å². The fourth-order valence-electron chi connectivity index (χ4n) is 2.27. The Morgan fingerprint density at radius 1 is 1.00 bits per heavy atom. The molecule has 20 heavy (non-hydrogen) atoms. The second-order valence-corrected chi connectivity index (χ2v) is 7.12. The Hall–Kier alpha value is 0.870. The maximum Gasteiger partial charge on any atom is 1.00 e. The van der Waals surface area contributed by atoms with Crippen molar-refractivity contribution in [2.24, 2.45) is 0 Å². The Bertz CT molecular complexity index is 304. The third-order valence-corrected chi connectivity index (χ3v) is 4.64. The minimum atomic E-state index is -4.27. The van der Waals surface area contributed by atoms with Gasteiger partial charge in [-0.05, 0) is 19.8 Å². The first kappa shape index (κ1) is 23.1. The van der Waals surface area contributed by atoms with Gasteiger partial charge < -0.3 is 9.66 Å². The van der Waals surface area contributed by atoms with Gasteiger partial charge in [0.1, 0.15) is 0 Å². The number of hydrogen-bond donors (Lipinski definition) is 1. The Kier molecular flexibility index (Phi) is 15.7. The smallest absolute Gasteiger partial charge is 0.748 e. The third kappa shape index (κ3) is 13.8. The topological polar surface area (TPSA) is 77.4 Å². The van der Waals surface area contributed by atoms with Gasteiger partial charge in [-0.15, -0.1) is 0 Å². The van der Waals surface area contributed by atoms with E-state index in [1.54, 1.807) is 0 Å². The van der Waals surface area contributed by atoms with Gasteiger partial charge in [0.05, 0.1) is 21.5 Å². The molecule has 0 saturated carbocycles. The number of aliphatic hydroxyl groups excluding tert-OH is 1. The van der Waals surface area contributed by atoms with Crippen LogP contribution in [0, 0.1) is 0 Å². The Balaban J connectivity index is 0. The van der Waals surface area contributed by atoms with Crippen LogP contribution >= 0.6 is 0 Å². The minimum Gasteiger partial charge on any atom is -0.748 e. The molecule has 0 aromatic rings. The van der Waals surface area contributed by atoms with Crippen LogP contribution in [0.15, 0.2) is 0 Å². The number of aliphatic hydroxyl groups is 1. The van der Waals surface area contributed by atoms with Crippen molar-refractivity contribution >= 4 is 10.1 Å². The van der Waals surface area contributed by atoms with E-state index in [4.69, 9.17) is 0 Å². The summed E-state index contributed by atoms with van der Waals surface area (Å²) < 4.78 is 33.1. The number of rotatable bonds is 12. The molecule has 116 valence electrons.